The summed E-state index contributed by atoms with van der Waals surface area (Å²) in [4.78, 5) is 20.2. The van der Waals surface area contributed by atoms with E-state index in [-0.39, 0.29) is 22.4 Å². The van der Waals surface area contributed by atoms with Gasteiger partial charge in [0.05, 0.1) is 22.8 Å². The van der Waals surface area contributed by atoms with Crippen LogP contribution >= 0.6 is 0 Å². The zero-order valence-corrected chi connectivity index (χ0v) is 16.7. The number of aromatic nitrogens is 2. The lowest BCUT2D eigenvalue weighted by molar-refractivity contribution is 0.0938. The molecule has 0 saturated heterocycles. The maximum Gasteiger partial charge on any atom is 0.251 e. The number of hydrogen-bond acceptors (Lipinski definition) is 4. The van der Waals surface area contributed by atoms with E-state index in [0.29, 0.717) is 5.82 Å². The van der Waals surface area contributed by atoms with Gasteiger partial charge in [-0.3, -0.25) is 4.79 Å². The number of nitrogens with zero attached hydrogens (tertiary/aromatic N) is 2. The Balaban J connectivity index is 1.76. The lowest BCUT2D eigenvalue weighted by Crippen LogP contribution is -2.28. The zero-order chi connectivity index (χ0) is 20.3. The number of nitrogens with one attached hydrogen (secondary N) is 2. The van der Waals surface area contributed by atoms with Crippen LogP contribution in [0.15, 0.2) is 65.7 Å². The summed E-state index contributed by atoms with van der Waals surface area (Å²) in [5.41, 5.74) is 2.13. The SMILES string of the molecule is CC(NC(=O)c1cccc(S(=O)(=O)N(C)C)c1)c1ncc(-c2ccccc2)[nH]1. The highest BCUT2D eigenvalue weighted by atomic mass is 32.2. The predicted molar refractivity (Wildman–Crippen MR) is 107 cm³/mol. The second-order valence-electron chi connectivity index (χ2n) is 6.56. The van der Waals surface area contributed by atoms with Gasteiger partial charge in [0, 0.05) is 19.7 Å². The molecule has 0 radical (unpaired) electrons. The van der Waals surface area contributed by atoms with Crippen molar-refractivity contribution in [3.63, 3.8) is 0 Å². The normalized spacial score (nSPS) is 12.7. The molecule has 0 aliphatic carbocycles. The molecule has 0 bridgehead atoms. The van der Waals surface area contributed by atoms with Gasteiger partial charge in [-0.1, -0.05) is 36.4 Å². The molecule has 0 fully saturated rings. The van der Waals surface area contributed by atoms with Crippen molar-refractivity contribution in [2.45, 2.75) is 17.9 Å². The minimum Gasteiger partial charge on any atom is -0.342 e. The molecule has 2 N–H and O–H groups in total. The van der Waals surface area contributed by atoms with E-state index in [2.05, 4.69) is 15.3 Å². The third-order valence-corrected chi connectivity index (χ3v) is 6.12. The van der Waals surface area contributed by atoms with Crippen molar-refractivity contribution < 1.29 is 13.2 Å². The number of rotatable bonds is 6. The smallest absolute Gasteiger partial charge is 0.251 e. The molecule has 146 valence electrons. The van der Waals surface area contributed by atoms with E-state index in [4.69, 9.17) is 0 Å². The van der Waals surface area contributed by atoms with Gasteiger partial charge in [-0.2, -0.15) is 0 Å². The second kappa shape index (κ2) is 7.95. The van der Waals surface area contributed by atoms with Crippen molar-refractivity contribution in [1.82, 2.24) is 19.6 Å². The molecule has 1 heterocycles. The number of H-pyrrole nitrogens is 1. The fourth-order valence-corrected chi connectivity index (χ4v) is 3.63. The third kappa shape index (κ3) is 4.13. The molecule has 0 saturated carbocycles. The topological polar surface area (TPSA) is 95.2 Å². The fraction of sp³-hybridized carbons (Fsp3) is 0.200. The van der Waals surface area contributed by atoms with E-state index in [1.165, 1.54) is 26.2 Å². The molecule has 0 aliphatic rings. The van der Waals surface area contributed by atoms with Crippen LogP contribution in [0, 0.1) is 0 Å². The van der Waals surface area contributed by atoms with Gasteiger partial charge >= 0.3 is 0 Å². The molecule has 8 heteroatoms. The van der Waals surface area contributed by atoms with Crippen LogP contribution in [0.4, 0.5) is 0 Å². The summed E-state index contributed by atoms with van der Waals surface area (Å²) in [5, 5.41) is 2.84. The Hall–Kier alpha value is -2.97. The van der Waals surface area contributed by atoms with E-state index in [0.717, 1.165) is 15.6 Å². The van der Waals surface area contributed by atoms with Crippen molar-refractivity contribution in [3.8, 4) is 11.3 Å². The van der Waals surface area contributed by atoms with Crippen LogP contribution in [0.2, 0.25) is 0 Å². The molecule has 3 rings (SSSR count). The maximum absolute atomic E-state index is 12.6. The molecule has 1 atom stereocenters. The zero-order valence-electron chi connectivity index (χ0n) is 15.9. The van der Waals surface area contributed by atoms with E-state index >= 15 is 0 Å². The monoisotopic (exact) mass is 398 g/mol. The Kier molecular flexibility index (Phi) is 5.62. The van der Waals surface area contributed by atoms with Crippen molar-refractivity contribution >= 4 is 15.9 Å². The van der Waals surface area contributed by atoms with Gasteiger partial charge in [0.25, 0.3) is 5.91 Å². The Morgan fingerprint density at radius 3 is 2.50 bits per heavy atom. The van der Waals surface area contributed by atoms with Crippen LogP contribution in [0.25, 0.3) is 11.3 Å². The maximum atomic E-state index is 12.6. The van der Waals surface area contributed by atoms with E-state index in [9.17, 15) is 13.2 Å². The summed E-state index contributed by atoms with van der Waals surface area (Å²) in [6.07, 6.45) is 1.72. The largest absolute Gasteiger partial charge is 0.342 e. The van der Waals surface area contributed by atoms with Crippen molar-refractivity contribution in [1.29, 1.82) is 0 Å². The van der Waals surface area contributed by atoms with Gasteiger partial charge in [-0.25, -0.2) is 17.7 Å². The van der Waals surface area contributed by atoms with Gasteiger partial charge < -0.3 is 10.3 Å². The molecule has 0 spiro atoms. The van der Waals surface area contributed by atoms with Gasteiger partial charge in [0.2, 0.25) is 10.0 Å². The van der Waals surface area contributed by atoms with Gasteiger partial charge in [-0.05, 0) is 30.7 Å². The number of sulfonamides is 1. The van der Waals surface area contributed by atoms with Crippen LogP contribution in [0.5, 0.6) is 0 Å². The number of aromatic amines is 1. The summed E-state index contributed by atoms with van der Waals surface area (Å²) < 4.78 is 25.6. The number of carbonyl (C=O) groups is 1. The molecule has 28 heavy (non-hydrogen) atoms. The first-order chi connectivity index (χ1) is 13.3. The second-order valence-corrected chi connectivity index (χ2v) is 8.71. The summed E-state index contributed by atoms with van der Waals surface area (Å²) >= 11 is 0. The average molecular weight is 398 g/mol. The summed E-state index contributed by atoms with van der Waals surface area (Å²) in [6, 6.07) is 15.3. The molecular formula is C20H22N4O3S. The average Bonchev–Trinajstić information content (AvgIpc) is 3.19. The van der Waals surface area contributed by atoms with E-state index < -0.39 is 10.0 Å². The Labute approximate surface area is 164 Å². The Morgan fingerprint density at radius 2 is 1.82 bits per heavy atom. The Bertz CT molecular complexity index is 1080. The molecule has 1 unspecified atom stereocenters. The van der Waals surface area contributed by atoms with Crippen molar-refractivity contribution in [3.05, 3.63) is 72.2 Å². The molecule has 3 aromatic rings. The molecule has 1 aromatic heterocycles. The number of carbonyl (C=O) groups excluding carboxylic acids is 1. The molecular weight excluding hydrogens is 376 g/mol. The fourth-order valence-electron chi connectivity index (χ4n) is 2.68. The summed E-state index contributed by atoms with van der Waals surface area (Å²) in [6.45, 7) is 1.81. The van der Waals surface area contributed by atoms with Crippen molar-refractivity contribution in [2.75, 3.05) is 14.1 Å². The van der Waals surface area contributed by atoms with Gasteiger partial charge in [0.1, 0.15) is 5.82 Å². The highest BCUT2D eigenvalue weighted by Gasteiger charge is 2.20. The first kappa shape index (κ1) is 19.8. The van der Waals surface area contributed by atoms with Crippen LogP contribution in [0.1, 0.15) is 29.1 Å². The predicted octanol–water partition coefficient (Wildman–Crippen LogP) is 2.82. The molecule has 2 aromatic carbocycles. The summed E-state index contributed by atoms with van der Waals surface area (Å²) in [7, 11) is -0.706. The van der Waals surface area contributed by atoms with E-state index in [1.54, 1.807) is 18.3 Å². The minimum absolute atomic E-state index is 0.0714. The highest BCUT2D eigenvalue weighted by molar-refractivity contribution is 7.89. The lowest BCUT2D eigenvalue weighted by atomic mass is 10.2. The molecule has 1 amide bonds. The lowest BCUT2D eigenvalue weighted by Gasteiger charge is -2.14. The van der Waals surface area contributed by atoms with Crippen LogP contribution in [-0.4, -0.2) is 42.7 Å². The first-order valence-electron chi connectivity index (χ1n) is 8.73. The Morgan fingerprint density at radius 1 is 1.11 bits per heavy atom. The van der Waals surface area contributed by atoms with Crippen LogP contribution < -0.4 is 5.32 Å². The minimum atomic E-state index is -3.61. The highest BCUT2D eigenvalue weighted by Crippen LogP contribution is 2.20. The van der Waals surface area contributed by atoms with Crippen LogP contribution in [-0.2, 0) is 10.0 Å². The summed E-state index contributed by atoms with van der Waals surface area (Å²) in [5.74, 6) is 0.241. The number of imidazole rings is 1. The van der Waals surface area contributed by atoms with Gasteiger partial charge in [-0.15, -0.1) is 0 Å². The molecule has 7 nitrogen and oxygen atoms in total. The van der Waals surface area contributed by atoms with E-state index in [1.807, 2.05) is 37.3 Å². The number of amides is 1. The number of benzene rings is 2. The molecule has 0 aliphatic heterocycles. The first-order valence-corrected chi connectivity index (χ1v) is 10.2. The quantitative estimate of drug-likeness (QED) is 0.667. The van der Waals surface area contributed by atoms with Gasteiger partial charge in [0.15, 0.2) is 0 Å². The third-order valence-electron chi connectivity index (χ3n) is 4.31. The van der Waals surface area contributed by atoms with Crippen LogP contribution in [0.3, 0.4) is 0 Å². The number of hydrogen-bond donors (Lipinski definition) is 2. The van der Waals surface area contributed by atoms with Crippen molar-refractivity contribution in [2.24, 2.45) is 0 Å². The standard InChI is InChI=1S/C20H22N4O3S/c1-14(19-21-13-18(23-19)15-8-5-4-6-9-15)22-20(25)16-10-7-11-17(12-16)28(26,27)24(2)3/h4-14H,1-3H3,(H,21,23)(H,22,25).